The van der Waals surface area contributed by atoms with Crippen LogP contribution in [0.2, 0.25) is 5.02 Å². The number of piperidine rings is 1. The molecule has 7 nitrogen and oxygen atoms in total. The first-order chi connectivity index (χ1) is 14.9. The van der Waals surface area contributed by atoms with Crippen LogP contribution < -0.4 is 0 Å². The molecule has 166 valence electrons. The van der Waals surface area contributed by atoms with E-state index in [-0.39, 0.29) is 15.8 Å². The van der Waals surface area contributed by atoms with Crippen molar-refractivity contribution >= 4 is 27.5 Å². The van der Waals surface area contributed by atoms with Crippen LogP contribution in [0.15, 0.2) is 47.6 Å². The summed E-state index contributed by atoms with van der Waals surface area (Å²) in [6.07, 6.45) is 6.29. The zero-order valence-corrected chi connectivity index (χ0v) is 19.0. The summed E-state index contributed by atoms with van der Waals surface area (Å²) in [6, 6.07) is 8.57. The third-order valence-electron chi connectivity index (χ3n) is 5.93. The molecule has 0 radical (unpaired) electrons. The molecule has 1 aromatic carbocycles. The van der Waals surface area contributed by atoms with Gasteiger partial charge < -0.3 is 4.90 Å². The second-order valence-corrected chi connectivity index (χ2v) is 10.3. The minimum Gasteiger partial charge on any atom is -0.336 e. The van der Waals surface area contributed by atoms with Crippen LogP contribution in [-0.4, -0.2) is 72.7 Å². The molecule has 3 heterocycles. The van der Waals surface area contributed by atoms with Gasteiger partial charge in [0.25, 0.3) is 5.91 Å². The Balaban J connectivity index is 1.44. The predicted molar refractivity (Wildman–Crippen MR) is 119 cm³/mol. The minimum atomic E-state index is -3.71. The quantitative estimate of drug-likeness (QED) is 0.683. The molecule has 31 heavy (non-hydrogen) atoms. The van der Waals surface area contributed by atoms with Gasteiger partial charge in [-0.05, 0) is 48.7 Å². The van der Waals surface area contributed by atoms with E-state index in [2.05, 4.69) is 9.88 Å². The van der Waals surface area contributed by atoms with E-state index in [1.807, 2.05) is 12.1 Å². The molecule has 9 heteroatoms. The lowest BCUT2D eigenvalue weighted by molar-refractivity contribution is 0.0628. The first-order valence-corrected chi connectivity index (χ1v) is 12.5. The molecule has 0 spiro atoms. The van der Waals surface area contributed by atoms with Crippen LogP contribution in [0, 0.1) is 0 Å². The highest BCUT2D eigenvalue weighted by Gasteiger charge is 2.30. The van der Waals surface area contributed by atoms with Crippen LogP contribution in [0.25, 0.3) is 0 Å². The molecule has 2 aromatic rings. The van der Waals surface area contributed by atoms with Crippen molar-refractivity contribution < 1.29 is 13.2 Å². The van der Waals surface area contributed by atoms with Crippen molar-refractivity contribution in [2.75, 3.05) is 39.3 Å². The fraction of sp³-hybridized carbons (Fsp3) is 0.455. The van der Waals surface area contributed by atoms with Crippen LogP contribution in [0.4, 0.5) is 0 Å². The Bertz CT molecular complexity index is 1020. The standard InChI is InChI=1S/C22H27ClN4O3S/c23-20-5-4-19(16-21(20)31(29,30)27-10-2-1-3-11-27)22(28)26-14-12-25(13-15-26)17-18-6-8-24-9-7-18/h4-9,16H,1-3,10-15,17H2. The normalized spacial score (nSPS) is 18.8. The molecule has 0 saturated carbocycles. The highest BCUT2D eigenvalue weighted by molar-refractivity contribution is 7.89. The van der Waals surface area contributed by atoms with Crippen LogP contribution in [0.3, 0.4) is 0 Å². The van der Waals surface area contributed by atoms with Crippen LogP contribution >= 0.6 is 11.6 Å². The summed E-state index contributed by atoms with van der Waals surface area (Å²) in [5.41, 5.74) is 1.56. The van der Waals surface area contributed by atoms with E-state index in [1.165, 1.54) is 22.0 Å². The number of hydrogen-bond acceptors (Lipinski definition) is 5. The summed E-state index contributed by atoms with van der Waals surface area (Å²) >= 11 is 6.24. The first-order valence-electron chi connectivity index (χ1n) is 10.7. The summed E-state index contributed by atoms with van der Waals surface area (Å²) in [4.78, 5) is 21.2. The first kappa shape index (κ1) is 22.2. The Morgan fingerprint density at radius 2 is 1.61 bits per heavy atom. The van der Waals surface area contributed by atoms with Crippen molar-refractivity contribution in [3.8, 4) is 0 Å². The van der Waals surface area contributed by atoms with Crippen molar-refractivity contribution in [2.24, 2.45) is 0 Å². The third-order valence-corrected chi connectivity index (χ3v) is 8.31. The van der Waals surface area contributed by atoms with Gasteiger partial charge in [-0.25, -0.2) is 8.42 Å². The second kappa shape index (κ2) is 9.65. The van der Waals surface area contributed by atoms with E-state index in [0.29, 0.717) is 31.7 Å². The molecule has 2 saturated heterocycles. The second-order valence-electron chi connectivity index (χ2n) is 8.03. The van der Waals surface area contributed by atoms with Crippen molar-refractivity contribution in [2.45, 2.75) is 30.7 Å². The zero-order chi connectivity index (χ0) is 21.8. The number of carbonyl (C=O) groups excluding carboxylic acids is 1. The van der Waals surface area contributed by atoms with E-state index in [9.17, 15) is 13.2 Å². The van der Waals surface area contributed by atoms with E-state index < -0.39 is 10.0 Å². The average molecular weight is 463 g/mol. The SMILES string of the molecule is O=C(c1ccc(Cl)c(S(=O)(=O)N2CCCCC2)c1)N1CCN(Cc2ccncc2)CC1. The molecule has 2 aliphatic rings. The lowest BCUT2D eigenvalue weighted by Gasteiger charge is -2.35. The Morgan fingerprint density at radius 1 is 0.935 bits per heavy atom. The Labute approximate surface area is 188 Å². The summed E-state index contributed by atoms with van der Waals surface area (Å²) in [7, 11) is -3.71. The highest BCUT2D eigenvalue weighted by Crippen LogP contribution is 2.28. The number of rotatable bonds is 5. The summed E-state index contributed by atoms with van der Waals surface area (Å²) in [6.45, 7) is 4.54. The van der Waals surface area contributed by atoms with Gasteiger partial charge in [-0.1, -0.05) is 18.0 Å². The number of aromatic nitrogens is 1. The van der Waals surface area contributed by atoms with Gasteiger partial charge in [0.1, 0.15) is 4.90 Å². The maximum absolute atomic E-state index is 13.1. The van der Waals surface area contributed by atoms with Gasteiger partial charge in [0.05, 0.1) is 5.02 Å². The van der Waals surface area contributed by atoms with Crippen molar-refractivity contribution in [3.63, 3.8) is 0 Å². The Hall–Kier alpha value is -2.00. The molecule has 2 aliphatic heterocycles. The van der Waals surface area contributed by atoms with Crippen molar-refractivity contribution in [3.05, 3.63) is 58.9 Å². The van der Waals surface area contributed by atoms with Gasteiger partial charge in [0, 0.05) is 63.8 Å². The average Bonchev–Trinajstić information content (AvgIpc) is 2.80. The number of piperazine rings is 1. The number of hydrogen-bond donors (Lipinski definition) is 0. The summed E-state index contributed by atoms with van der Waals surface area (Å²) in [5, 5.41) is 0.157. The van der Waals surface area contributed by atoms with Gasteiger partial charge in [-0.2, -0.15) is 4.31 Å². The lowest BCUT2D eigenvalue weighted by Crippen LogP contribution is -2.48. The lowest BCUT2D eigenvalue weighted by atomic mass is 10.1. The van der Waals surface area contributed by atoms with Crippen molar-refractivity contribution in [1.82, 2.24) is 19.1 Å². The number of amides is 1. The smallest absolute Gasteiger partial charge is 0.253 e. The van der Waals surface area contributed by atoms with Gasteiger partial charge in [0.2, 0.25) is 10.0 Å². The molecule has 0 N–H and O–H groups in total. The molecule has 0 atom stereocenters. The fourth-order valence-electron chi connectivity index (χ4n) is 4.12. The van der Waals surface area contributed by atoms with Crippen molar-refractivity contribution in [1.29, 1.82) is 0 Å². The van der Waals surface area contributed by atoms with Gasteiger partial charge >= 0.3 is 0 Å². The van der Waals surface area contributed by atoms with Crippen LogP contribution in [0.1, 0.15) is 35.2 Å². The van der Waals surface area contributed by atoms with Gasteiger partial charge in [-0.3, -0.25) is 14.7 Å². The number of carbonyl (C=O) groups is 1. The highest BCUT2D eigenvalue weighted by atomic mass is 35.5. The number of halogens is 1. The Kier molecular flexibility index (Phi) is 6.91. The molecule has 0 unspecified atom stereocenters. The number of benzene rings is 1. The topological polar surface area (TPSA) is 73.8 Å². The zero-order valence-electron chi connectivity index (χ0n) is 17.4. The fourth-order valence-corrected chi connectivity index (χ4v) is 6.13. The van der Waals surface area contributed by atoms with E-state index >= 15 is 0 Å². The van der Waals surface area contributed by atoms with Crippen LogP contribution in [-0.2, 0) is 16.6 Å². The maximum Gasteiger partial charge on any atom is 0.253 e. The predicted octanol–water partition coefficient (Wildman–Crippen LogP) is 2.87. The Morgan fingerprint density at radius 3 is 2.29 bits per heavy atom. The number of nitrogens with zero attached hydrogens (tertiary/aromatic N) is 4. The molecular formula is C22H27ClN4O3S. The molecule has 1 amide bonds. The minimum absolute atomic E-state index is 0.0261. The number of pyridine rings is 1. The van der Waals surface area contributed by atoms with E-state index in [1.54, 1.807) is 23.4 Å². The maximum atomic E-state index is 13.1. The molecule has 2 fully saturated rings. The van der Waals surface area contributed by atoms with E-state index in [4.69, 9.17) is 11.6 Å². The van der Waals surface area contributed by atoms with Gasteiger partial charge in [0.15, 0.2) is 0 Å². The molecule has 0 aliphatic carbocycles. The van der Waals surface area contributed by atoms with E-state index in [0.717, 1.165) is 38.9 Å². The largest absolute Gasteiger partial charge is 0.336 e. The van der Waals surface area contributed by atoms with Crippen LogP contribution in [0.5, 0.6) is 0 Å². The number of sulfonamides is 1. The molecule has 1 aromatic heterocycles. The molecular weight excluding hydrogens is 436 g/mol. The van der Waals surface area contributed by atoms with Gasteiger partial charge in [-0.15, -0.1) is 0 Å². The summed E-state index contributed by atoms with van der Waals surface area (Å²) < 4.78 is 27.6. The monoisotopic (exact) mass is 462 g/mol. The summed E-state index contributed by atoms with van der Waals surface area (Å²) in [5.74, 6) is -0.157. The molecule has 0 bridgehead atoms. The molecule has 4 rings (SSSR count). The third kappa shape index (κ3) is 5.09.